The van der Waals surface area contributed by atoms with Gasteiger partial charge in [0.15, 0.2) is 0 Å². The van der Waals surface area contributed by atoms with Crippen LogP contribution in [-0.2, 0) is 24.2 Å². The van der Waals surface area contributed by atoms with Gasteiger partial charge < -0.3 is 20.3 Å². The third-order valence-corrected chi connectivity index (χ3v) is 3.82. The van der Waals surface area contributed by atoms with Crippen LogP contribution in [0.25, 0.3) is 0 Å². The molecule has 0 heterocycles. The van der Waals surface area contributed by atoms with E-state index in [2.05, 4.69) is 5.32 Å². The van der Waals surface area contributed by atoms with Gasteiger partial charge in [0.2, 0.25) is 0 Å². The van der Waals surface area contributed by atoms with Crippen molar-refractivity contribution in [2.24, 2.45) is 0 Å². The Morgan fingerprint density at radius 2 is 1.60 bits per heavy atom. The van der Waals surface area contributed by atoms with Crippen molar-refractivity contribution in [1.29, 1.82) is 0 Å². The fourth-order valence-electron chi connectivity index (χ4n) is 2.52. The molecule has 2 atom stereocenters. The Labute approximate surface area is 148 Å². The van der Waals surface area contributed by atoms with Crippen molar-refractivity contribution in [3.05, 3.63) is 71.3 Å². The summed E-state index contributed by atoms with van der Waals surface area (Å²) < 4.78 is 5.21. The largest absolute Gasteiger partial charge is 0.445 e. The number of benzene rings is 2. The van der Waals surface area contributed by atoms with Gasteiger partial charge in [0.05, 0.1) is 12.7 Å². The molecule has 0 bridgehead atoms. The second kappa shape index (κ2) is 9.81. The maximum Gasteiger partial charge on any atom is 0.407 e. The van der Waals surface area contributed by atoms with E-state index in [9.17, 15) is 9.90 Å². The highest BCUT2D eigenvalue weighted by Crippen LogP contribution is 2.09. The molecular weight excluding hydrogens is 318 g/mol. The SMILES string of the molecule is C[C@H](Cc1ccc(CC(O)CO)cc1)NC(=O)OCc1ccccc1. The van der Waals surface area contributed by atoms with Crippen molar-refractivity contribution in [2.75, 3.05) is 6.61 Å². The molecule has 0 aliphatic rings. The average molecular weight is 343 g/mol. The summed E-state index contributed by atoms with van der Waals surface area (Å²) in [6.45, 7) is 1.93. The Bertz CT molecular complexity index is 643. The van der Waals surface area contributed by atoms with E-state index in [4.69, 9.17) is 9.84 Å². The molecule has 5 nitrogen and oxygen atoms in total. The van der Waals surface area contributed by atoms with Gasteiger partial charge in [0.1, 0.15) is 6.61 Å². The summed E-state index contributed by atoms with van der Waals surface area (Å²) in [6, 6.07) is 17.3. The molecule has 25 heavy (non-hydrogen) atoms. The summed E-state index contributed by atoms with van der Waals surface area (Å²) in [5, 5.41) is 21.1. The Hall–Kier alpha value is -2.37. The number of alkyl carbamates (subject to hydrolysis) is 1. The molecule has 3 N–H and O–H groups in total. The molecule has 0 saturated carbocycles. The van der Waals surface area contributed by atoms with Gasteiger partial charge in [0, 0.05) is 12.5 Å². The average Bonchev–Trinajstić information content (AvgIpc) is 2.62. The molecule has 0 saturated heterocycles. The monoisotopic (exact) mass is 343 g/mol. The van der Waals surface area contributed by atoms with Crippen molar-refractivity contribution in [3.63, 3.8) is 0 Å². The lowest BCUT2D eigenvalue weighted by molar-refractivity contribution is 0.0955. The molecule has 1 unspecified atom stereocenters. The van der Waals surface area contributed by atoms with Gasteiger partial charge in [-0.15, -0.1) is 0 Å². The second-order valence-electron chi connectivity index (χ2n) is 6.17. The minimum atomic E-state index is -0.731. The van der Waals surface area contributed by atoms with Crippen molar-refractivity contribution < 1.29 is 19.7 Å². The third kappa shape index (κ3) is 6.95. The number of nitrogens with one attached hydrogen (secondary N) is 1. The number of amides is 1. The van der Waals surface area contributed by atoms with E-state index in [1.54, 1.807) is 0 Å². The third-order valence-electron chi connectivity index (χ3n) is 3.82. The number of hydrogen-bond donors (Lipinski definition) is 3. The van der Waals surface area contributed by atoms with E-state index in [-0.39, 0.29) is 19.3 Å². The van der Waals surface area contributed by atoms with Crippen molar-refractivity contribution in [3.8, 4) is 0 Å². The van der Waals surface area contributed by atoms with E-state index in [1.165, 1.54) is 0 Å². The molecule has 0 aromatic heterocycles. The van der Waals surface area contributed by atoms with Crippen LogP contribution in [0.3, 0.4) is 0 Å². The minimum Gasteiger partial charge on any atom is -0.445 e. The minimum absolute atomic E-state index is 0.0582. The number of aliphatic hydroxyl groups excluding tert-OH is 2. The highest BCUT2D eigenvalue weighted by molar-refractivity contribution is 5.67. The molecule has 2 aromatic rings. The van der Waals surface area contributed by atoms with Gasteiger partial charge in [0.25, 0.3) is 0 Å². The predicted octanol–water partition coefficient (Wildman–Crippen LogP) is 2.44. The lowest BCUT2D eigenvalue weighted by Crippen LogP contribution is -2.34. The molecule has 0 spiro atoms. The fourth-order valence-corrected chi connectivity index (χ4v) is 2.52. The number of carbonyl (C=O) groups is 1. The smallest absolute Gasteiger partial charge is 0.407 e. The van der Waals surface area contributed by atoms with Crippen molar-refractivity contribution in [2.45, 2.75) is 38.5 Å². The zero-order chi connectivity index (χ0) is 18.1. The zero-order valence-corrected chi connectivity index (χ0v) is 14.4. The first-order valence-electron chi connectivity index (χ1n) is 8.40. The zero-order valence-electron chi connectivity index (χ0n) is 14.4. The van der Waals surface area contributed by atoms with Gasteiger partial charge in [-0.25, -0.2) is 4.79 Å². The molecule has 0 aliphatic carbocycles. The van der Waals surface area contributed by atoms with Gasteiger partial charge in [-0.05, 0) is 30.0 Å². The lowest BCUT2D eigenvalue weighted by atomic mass is 10.0. The van der Waals surface area contributed by atoms with Gasteiger partial charge >= 0.3 is 6.09 Å². The lowest BCUT2D eigenvalue weighted by Gasteiger charge is -2.15. The molecular formula is C20H25NO4. The van der Waals surface area contributed by atoms with Crippen LogP contribution in [0.1, 0.15) is 23.6 Å². The number of rotatable bonds is 8. The number of carbonyl (C=O) groups excluding carboxylic acids is 1. The van der Waals surface area contributed by atoms with Crippen LogP contribution in [0.5, 0.6) is 0 Å². The Morgan fingerprint density at radius 3 is 2.20 bits per heavy atom. The van der Waals surface area contributed by atoms with Gasteiger partial charge in [-0.3, -0.25) is 0 Å². The molecule has 5 heteroatoms. The van der Waals surface area contributed by atoms with Crippen LogP contribution in [0.2, 0.25) is 0 Å². The molecule has 0 fully saturated rings. The summed E-state index contributed by atoms with van der Waals surface area (Å²) in [5.41, 5.74) is 3.00. The topological polar surface area (TPSA) is 78.8 Å². The van der Waals surface area contributed by atoms with Crippen LogP contribution in [-0.4, -0.2) is 35.1 Å². The summed E-state index contributed by atoms with van der Waals surface area (Å²) in [4.78, 5) is 11.8. The van der Waals surface area contributed by atoms with Crippen LogP contribution in [0.4, 0.5) is 4.79 Å². The van der Waals surface area contributed by atoms with E-state index in [0.29, 0.717) is 12.8 Å². The fraction of sp³-hybridized carbons (Fsp3) is 0.350. The van der Waals surface area contributed by atoms with Crippen LogP contribution < -0.4 is 5.32 Å². The first-order chi connectivity index (χ1) is 12.1. The number of aliphatic hydroxyl groups is 2. The summed E-state index contributed by atoms with van der Waals surface area (Å²) in [6.07, 6.45) is -0.0514. The summed E-state index contributed by atoms with van der Waals surface area (Å²) in [7, 11) is 0. The highest BCUT2D eigenvalue weighted by Gasteiger charge is 2.10. The van der Waals surface area contributed by atoms with Crippen LogP contribution in [0, 0.1) is 0 Å². The van der Waals surface area contributed by atoms with Gasteiger partial charge in [-0.1, -0.05) is 54.6 Å². The van der Waals surface area contributed by atoms with E-state index in [0.717, 1.165) is 16.7 Å². The molecule has 1 amide bonds. The maximum absolute atomic E-state index is 11.8. The summed E-state index contributed by atoms with van der Waals surface area (Å²) in [5.74, 6) is 0. The highest BCUT2D eigenvalue weighted by atomic mass is 16.5. The molecule has 134 valence electrons. The van der Waals surface area contributed by atoms with Crippen LogP contribution in [0.15, 0.2) is 54.6 Å². The molecule has 2 rings (SSSR count). The van der Waals surface area contributed by atoms with Crippen molar-refractivity contribution in [1.82, 2.24) is 5.32 Å². The molecule has 2 aromatic carbocycles. The second-order valence-corrected chi connectivity index (χ2v) is 6.17. The van der Waals surface area contributed by atoms with Crippen LogP contribution >= 0.6 is 0 Å². The quantitative estimate of drug-likeness (QED) is 0.688. The maximum atomic E-state index is 11.8. The number of ether oxygens (including phenoxy) is 1. The van der Waals surface area contributed by atoms with E-state index < -0.39 is 12.2 Å². The van der Waals surface area contributed by atoms with E-state index in [1.807, 2.05) is 61.5 Å². The summed E-state index contributed by atoms with van der Waals surface area (Å²) >= 11 is 0. The predicted molar refractivity (Wildman–Crippen MR) is 96.2 cm³/mol. The molecule has 0 radical (unpaired) electrons. The van der Waals surface area contributed by atoms with E-state index >= 15 is 0 Å². The number of hydrogen-bond acceptors (Lipinski definition) is 4. The Kier molecular flexibility index (Phi) is 7.44. The first kappa shape index (κ1) is 19.0. The van der Waals surface area contributed by atoms with Crippen molar-refractivity contribution >= 4 is 6.09 Å². The Balaban J connectivity index is 1.75. The normalized spacial score (nSPS) is 13.1. The standard InChI is InChI=1S/C20H25NO4/c1-15(21-20(24)25-14-18-5-3-2-4-6-18)11-16-7-9-17(10-8-16)12-19(23)13-22/h2-10,15,19,22-23H,11-14H2,1H3,(H,21,24)/t15-,19?/m1/s1. The first-order valence-corrected chi connectivity index (χ1v) is 8.40. The van der Waals surface area contributed by atoms with Gasteiger partial charge in [-0.2, -0.15) is 0 Å². The Morgan fingerprint density at radius 1 is 1.00 bits per heavy atom. The molecule has 0 aliphatic heterocycles.